The second kappa shape index (κ2) is 5.96. The first-order chi connectivity index (χ1) is 11.0. The summed E-state index contributed by atoms with van der Waals surface area (Å²) in [6.45, 7) is 0. The number of halogens is 2. The lowest BCUT2D eigenvalue weighted by Crippen LogP contribution is -2.04. The SMILES string of the molecule is O=C(c1ccc(F)c(O)c1)c1cccc(-c2ccc(F)cc2)n1. The number of phenolic OH excluding ortho intramolecular Hbond substituents is 1. The van der Waals surface area contributed by atoms with Crippen LogP contribution in [0.3, 0.4) is 0 Å². The molecule has 0 atom stereocenters. The Hall–Kier alpha value is -3.08. The van der Waals surface area contributed by atoms with E-state index in [1.165, 1.54) is 24.3 Å². The van der Waals surface area contributed by atoms with E-state index < -0.39 is 17.3 Å². The van der Waals surface area contributed by atoms with Gasteiger partial charge in [-0.15, -0.1) is 0 Å². The number of pyridine rings is 1. The minimum absolute atomic E-state index is 0.132. The van der Waals surface area contributed by atoms with Crippen LogP contribution in [0.4, 0.5) is 8.78 Å². The number of carbonyl (C=O) groups is 1. The maximum atomic E-state index is 13.1. The Labute approximate surface area is 130 Å². The topological polar surface area (TPSA) is 50.2 Å². The van der Waals surface area contributed by atoms with Gasteiger partial charge in [-0.2, -0.15) is 0 Å². The second-order valence-electron chi connectivity index (χ2n) is 4.91. The van der Waals surface area contributed by atoms with Gasteiger partial charge in [-0.25, -0.2) is 13.8 Å². The number of phenols is 1. The number of nitrogens with zero attached hydrogens (tertiary/aromatic N) is 1. The molecule has 0 fully saturated rings. The quantitative estimate of drug-likeness (QED) is 0.745. The van der Waals surface area contributed by atoms with E-state index in [-0.39, 0.29) is 17.1 Å². The van der Waals surface area contributed by atoms with Gasteiger partial charge < -0.3 is 5.11 Å². The molecule has 3 nitrogen and oxygen atoms in total. The molecular formula is C18H11F2NO2. The molecule has 3 rings (SSSR count). The van der Waals surface area contributed by atoms with Crippen LogP contribution in [0.5, 0.6) is 5.75 Å². The van der Waals surface area contributed by atoms with E-state index in [2.05, 4.69) is 4.98 Å². The van der Waals surface area contributed by atoms with Gasteiger partial charge in [0.05, 0.1) is 5.69 Å². The van der Waals surface area contributed by atoms with Crippen LogP contribution in [-0.2, 0) is 0 Å². The fourth-order valence-corrected chi connectivity index (χ4v) is 2.14. The number of hydrogen-bond acceptors (Lipinski definition) is 3. The molecule has 0 aliphatic heterocycles. The summed E-state index contributed by atoms with van der Waals surface area (Å²) < 4.78 is 26.0. The molecule has 0 unspecified atom stereocenters. The smallest absolute Gasteiger partial charge is 0.211 e. The maximum absolute atomic E-state index is 13.1. The van der Waals surface area contributed by atoms with Crippen LogP contribution in [0.15, 0.2) is 60.7 Å². The predicted octanol–water partition coefficient (Wildman–Crippen LogP) is 3.96. The van der Waals surface area contributed by atoms with Crippen molar-refractivity contribution in [1.29, 1.82) is 0 Å². The third-order valence-electron chi connectivity index (χ3n) is 3.33. The van der Waals surface area contributed by atoms with Crippen LogP contribution in [0.25, 0.3) is 11.3 Å². The highest BCUT2D eigenvalue weighted by Gasteiger charge is 2.14. The summed E-state index contributed by atoms with van der Waals surface area (Å²) in [4.78, 5) is 16.6. The van der Waals surface area contributed by atoms with Crippen molar-refractivity contribution in [2.24, 2.45) is 0 Å². The summed E-state index contributed by atoms with van der Waals surface area (Å²) in [5.41, 5.74) is 1.47. The van der Waals surface area contributed by atoms with Crippen LogP contribution < -0.4 is 0 Å². The Morgan fingerprint density at radius 2 is 1.70 bits per heavy atom. The Balaban J connectivity index is 1.97. The van der Waals surface area contributed by atoms with E-state index in [1.807, 2.05) is 0 Å². The van der Waals surface area contributed by atoms with Crippen molar-refractivity contribution in [2.75, 3.05) is 0 Å². The van der Waals surface area contributed by atoms with Crippen molar-refractivity contribution in [2.45, 2.75) is 0 Å². The highest BCUT2D eigenvalue weighted by atomic mass is 19.1. The van der Waals surface area contributed by atoms with E-state index >= 15 is 0 Å². The van der Waals surface area contributed by atoms with Crippen LogP contribution in [-0.4, -0.2) is 15.9 Å². The Morgan fingerprint density at radius 3 is 2.39 bits per heavy atom. The van der Waals surface area contributed by atoms with Crippen molar-refractivity contribution in [3.8, 4) is 17.0 Å². The fraction of sp³-hybridized carbons (Fsp3) is 0. The average molecular weight is 311 g/mol. The molecule has 0 radical (unpaired) electrons. The zero-order chi connectivity index (χ0) is 16.4. The lowest BCUT2D eigenvalue weighted by Gasteiger charge is -2.05. The molecule has 3 aromatic rings. The standard InChI is InChI=1S/C18H11F2NO2/c19-13-7-4-11(5-8-13)15-2-1-3-16(21-15)18(23)12-6-9-14(20)17(22)10-12/h1-10,22H. The molecule has 0 aliphatic carbocycles. The van der Waals surface area contributed by atoms with Gasteiger partial charge in [-0.05, 0) is 54.6 Å². The van der Waals surface area contributed by atoms with Gasteiger partial charge in [0.1, 0.15) is 11.5 Å². The molecule has 1 N–H and O–H groups in total. The largest absolute Gasteiger partial charge is 0.505 e. The van der Waals surface area contributed by atoms with E-state index in [4.69, 9.17) is 0 Å². The Morgan fingerprint density at radius 1 is 0.957 bits per heavy atom. The van der Waals surface area contributed by atoms with Gasteiger partial charge in [-0.3, -0.25) is 4.79 Å². The lowest BCUT2D eigenvalue weighted by atomic mass is 10.1. The summed E-state index contributed by atoms with van der Waals surface area (Å²) in [6, 6.07) is 14.0. The normalized spacial score (nSPS) is 10.5. The molecule has 1 aromatic heterocycles. The van der Waals surface area contributed by atoms with Gasteiger partial charge in [0.2, 0.25) is 5.78 Å². The molecule has 0 saturated heterocycles. The van der Waals surface area contributed by atoms with Crippen LogP contribution in [0, 0.1) is 11.6 Å². The molecule has 2 aromatic carbocycles. The van der Waals surface area contributed by atoms with Crippen LogP contribution >= 0.6 is 0 Å². The monoisotopic (exact) mass is 311 g/mol. The van der Waals surface area contributed by atoms with Crippen molar-refractivity contribution >= 4 is 5.78 Å². The predicted molar refractivity (Wildman–Crippen MR) is 81.1 cm³/mol. The van der Waals surface area contributed by atoms with Crippen LogP contribution in [0.2, 0.25) is 0 Å². The molecule has 0 aliphatic rings. The van der Waals surface area contributed by atoms with Crippen molar-refractivity contribution in [1.82, 2.24) is 4.98 Å². The first-order valence-corrected chi connectivity index (χ1v) is 6.81. The molecule has 23 heavy (non-hydrogen) atoms. The maximum Gasteiger partial charge on any atom is 0.211 e. The van der Waals surface area contributed by atoms with Gasteiger partial charge in [-0.1, -0.05) is 6.07 Å². The van der Waals surface area contributed by atoms with Crippen molar-refractivity contribution < 1.29 is 18.7 Å². The van der Waals surface area contributed by atoms with Gasteiger partial charge in [0, 0.05) is 11.1 Å². The summed E-state index contributed by atoms with van der Waals surface area (Å²) in [5.74, 6) is -2.19. The summed E-state index contributed by atoms with van der Waals surface area (Å²) >= 11 is 0. The number of benzene rings is 2. The zero-order valence-electron chi connectivity index (χ0n) is 11.8. The molecule has 0 spiro atoms. The molecule has 5 heteroatoms. The van der Waals surface area contributed by atoms with E-state index in [0.29, 0.717) is 11.3 Å². The first-order valence-electron chi connectivity index (χ1n) is 6.81. The highest BCUT2D eigenvalue weighted by Crippen LogP contribution is 2.21. The third-order valence-corrected chi connectivity index (χ3v) is 3.33. The first kappa shape index (κ1) is 14.8. The molecular weight excluding hydrogens is 300 g/mol. The molecule has 0 bridgehead atoms. The molecule has 114 valence electrons. The lowest BCUT2D eigenvalue weighted by molar-refractivity contribution is 0.103. The van der Waals surface area contributed by atoms with Gasteiger partial charge >= 0.3 is 0 Å². The number of carbonyl (C=O) groups excluding carboxylic acids is 1. The fourth-order valence-electron chi connectivity index (χ4n) is 2.14. The number of aromatic hydroxyl groups is 1. The van der Waals surface area contributed by atoms with Crippen molar-refractivity contribution in [3.63, 3.8) is 0 Å². The minimum atomic E-state index is -0.797. The van der Waals surface area contributed by atoms with Crippen LogP contribution in [0.1, 0.15) is 16.1 Å². The number of hydrogen-bond donors (Lipinski definition) is 1. The van der Waals surface area contributed by atoms with Gasteiger partial charge in [0.15, 0.2) is 11.6 Å². The van der Waals surface area contributed by atoms with Crippen molar-refractivity contribution in [3.05, 3.63) is 83.6 Å². The Kier molecular flexibility index (Phi) is 3.85. The highest BCUT2D eigenvalue weighted by molar-refractivity contribution is 6.08. The molecule has 0 saturated carbocycles. The molecule has 0 amide bonds. The average Bonchev–Trinajstić information content (AvgIpc) is 2.57. The van der Waals surface area contributed by atoms with E-state index in [1.54, 1.807) is 24.3 Å². The Bertz CT molecular complexity index is 876. The van der Waals surface area contributed by atoms with E-state index in [0.717, 1.165) is 12.1 Å². The van der Waals surface area contributed by atoms with Gasteiger partial charge in [0.25, 0.3) is 0 Å². The second-order valence-corrected chi connectivity index (χ2v) is 4.91. The number of aromatic nitrogens is 1. The summed E-state index contributed by atoms with van der Waals surface area (Å²) in [7, 11) is 0. The number of rotatable bonds is 3. The third kappa shape index (κ3) is 3.08. The summed E-state index contributed by atoms with van der Waals surface area (Å²) in [5, 5.41) is 9.37. The van der Waals surface area contributed by atoms with E-state index in [9.17, 15) is 18.7 Å². The zero-order valence-corrected chi connectivity index (χ0v) is 11.8. The summed E-state index contributed by atoms with van der Waals surface area (Å²) in [6.07, 6.45) is 0. The minimum Gasteiger partial charge on any atom is -0.505 e. The molecule has 1 heterocycles. The number of ketones is 1.